The third-order valence-corrected chi connectivity index (χ3v) is 4.49. The highest BCUT2D eigenvalue weighted by molar-refractivity contribution is 7.15. The number of aryl methyl sites for hydroxylation is 2. The van der Waals surface area contributed by atoms with Crippen LogP contribution in [0.5, 0.6) is 0 Å². The number of carboxylic acid groups (broad SMARTS) is 1. The topological polar surface area (TPSA) is 62.2 Å². The summed E-state index contributed by atoms with van der Waals surface area (Å²) in [5, 5.41) is 12.9. The molecule has 1 unspecified atom stereocenters. The van der Waals surface area contributed by atoms with Crippen LogP contribution in [0, 0.1) is 12.7 Å². The number of hydrogen-bond acceptors (Lipinski definition) is 4. The Morgan fingerprint density at radius 2 is 2.35 bits per heavy atom. The van der Waals surface area contributed by atoms with Gasteiger partial charge in [-0.25, -0.2) is 9.37 Å². The minimum absolute atomic E-state index is 0.277. The molecule has 104 valence electrons. The lowest BCUT2D eigenvalue weighted by Gasteiger charge is -2.07. The molecule has 20 heavy (non-hydrogen) atoms. The molecule has 1 aromatic carbocycles. The van der Waals surface area contributed by atoms with Crippen molar-refractivity contribution in [2.24, 2.45) is 0 Å². The molecule has 3 rings (SSSR count). The van der Waals surface area contributed by atoms with Gasteiger partial charge in [0.1, 0.15) is 11.7 Å². The van der Waals surface area contributed by atoms with Crippen molar-refractivity contribution in [1.82, 2.24) is 4.98 Å². The number of fused-ring (bicyclic) bond motifs is 1. The average Bonchev–Trinajstić information content (AvgIpc) is 2.91. The van der Waals surface area contributed by atoms with Gasteiger partial charge in [0.15, 0.2) is 5.13 Å². The summed E-state index contributed by atoms with van der Waals surface area (Å²) < 4.78 is 13.1. The van der Waals surface area contributed by atoms with E-state index in [1.807, 2.05) is 6.92 Å². The van der Waals surface area contributed by atoms with Crippen LogP contribution in [0.25, 0.3) is 0 Å². The van der Waals surface area contributed by atoms with E-state index in [4.69, 9.17) is 5.11 Å². The summed E-state index contributed by atoms with van der Waals surface area (Å²) >= 11 is 1.47. The van der Waals surface area contributed by atoms with Gasteiger partial charge in [0, 0.05) is 10.6 Å². The Balaban J connectivity index is 1.86. The van der Waals surface area contributed by atoms with Crippen molar-refractivity contribution >= 4 is 28.1 Å². The third-order valence-electron chi connectivity index (χ3n) is 3.45. The molecular formula is C14H13FN2O2S. The van der Waals surface area contributed by atoms with E-state index >= 15 is 0 Å². The van der Waals surface area contributed by atoms with Crippen LogP contribution in [0.4, 0.5) is 15.2 Å². The highest BCUT2D eigenvalue weighted by atomic mass is 32.1. The van der Waals surface area contributed by atoms with E-state index in [1.165, 1.54) is 23.5 Å². The number of benzene rings is 1. The van der Waals surface area contributed by atoms with Gasteiger partial charge in [-0.3, -0.25) is 4.79 Å². The number of carboxylic acids is 1. The van der Waals surface area contributed by atoms with Crippen LogP contribution < -0.4 is 5.32 Å². The van der Waals surface area contributed by atoms with Gasteiger partial charge in [0.05, 0.1) is 5.69 Å². The van der Waals surface area contributed by atoms with Gasteiger partial charge in [-0.1, -0.05) is 0 Å². The molecule has 0 amide bonds. The molecule has 1 aromatic heterocycles. The first-order chi connectivity index (χ1) is 9.54. The predicted molar refractivity (Wildman–Crippen MR) is 75.2 cm³/mol. The number of nitrogens with zero attached hydrogens (tertiary/aromatic N) is 1. The molecule has 1 heterocycles. The van der Waals surface area contributed by atoms with Crippen LogP contribution in [0.2, 0.25) is 0 Å². The number of hydrogen-bond donors (Lipinski definition) is 2. The zero-order valence-corrected chi connectivity index (χ0v) is 11.6. The zero-order valence-electron chi connectivity index (χ0n) is 10.8. The first kappa shape index (κ1) is 13.1. The van der Waals surface area contributed by atoms with Crippen LogP contribution in [0.1, 0.15) is 28.5 Å². The molecule has 0 aliphatic heterocycles. The number of carbonyl (C=O) groups is 1. The zero-order chi connectivity index (χ0) is 14.3. The van der Waals surface area contributed by atoms with E-state index in [9.17, 15) is 9.18 Å². The SMILES string of the molecule is Cc1cc(F)ccc1Nc1nc2c(s1)CCC2C(=O)O. The fourth-order valence-corrected chi connectivity index (χ4v) is 3.45. The first-order valence-corrected chi connectivity index (χ1v) is 7.12. The van der Waals surface area contributed by atoms with Gasteiger partial charge in [-0.15, -0.1) is 11.3 Å². The van der Waals surface area contributed by atoms with Gasteiger partial charge >= 0.3 is 5.97 Å². The maximum absolute atomic E-state index is 13.1. The monoisotopic (exact) mass is 292 g/mol. The molecule has 4 nitrogen and oxygen atoms in total. The molecule has 0 bridgehead atoms. The Morgan fingerprint density at radius 3 is 3.05 bits per heavy atom. The summed E-state index contributed by atoms with van der Waals surface area (Å²) in [7, 11) is 0. The molecule has 0 radical (unpaired) electrons. The Kier molecular flexibility index (Phi) is 3.17. The van der Waals surface area contributed by atoms with Gasteiger partial charge in [-0.05, 0) is 43.5 Å². The van der Waals surface area contributed by atoms with E-state index in [2.05, 4.69) is 10.3 Å². The summed E-state index contributed by atoms with van der Waals surface area (Å²) in [6, 6.07) is 4.49. The van der Waals surface area contributed by atoms with Crippen LogP contribution >= 0.6 is 11.3 Å². The summed E-state index contributed by atoms with van der Waals surface area (Å²) in [4.78, 5) is 16.5. The standard InChI is InChI=1S/C14H13FN2O2S/c1-7-6-8(15)2-4-10(7)16-14-17-12-9(13(18)19)3-5-11(12)20-14/h2,4,6,9H,3,5H2,1H3,(H,16,17)(H,18,19). The van der Waals surface area contributed by atoms with Crippen LogP contribution in [0.15, 0.2) is 18.2 Å². The molecular weight excluding hydrogens is 279 g/mol. The van der Waals surface area contributed by atoms with Crippen LogP contribution in [0.3, 0.4) is 0 Å². The van der Waals surface area contributed by atoms with Crippen molar-refractivity contribution < 1.29 is 14.3 Å². The van der Waals surface area contributed by atoms with Crippen molar-refractivity contribution in [2.75, 3.05) is 5.32 Å². The van der Waals surface area contributed by atoms with E-state index in [0.29, 0.717) is 17.2 Å². The summed E-state index contributed by atoms with van der Waals surface area (Å²) in [5.74, 6) is -1.59. The Hall–Kier alpha value is -1.95. The van der Waals surface area contributed by atoms with E-state index in [1.54, 1.807) is 6.07 Å². The second kappa shape index (κ2) is 4.86. The third kappa shape index (κ3) is 2.27. The van der Waals surface area contributed by atoms with E-state index in [0.717, 1.165) is 22.5 Å². The van der Waals surface area contributed by atoms with Crippen molar-refractivity contribution in [3.63, 3.8) is 0 Å². The van der Waals surface area contributed by atoms with Crippen molar-refractivity contribution in [3.8, 4) is 0 Å². The first-order valence-electron chi connectivity index (χ1n) is 6.30. The fraction of sp³-hybridized carbons (Fsp3) is 0.286. The fourth-order valence-electron chi connectivity index (χ4n) is 2.40. The highest BCUT2D eigenvalue weighted by Crippen LogP contribution is 2.39. The summed E-state index contributed by atoms with van der Waals surface area (Å²) in [6.07, 6.45) is 1.38. The number of rotatable bonds is 3. The molecule has 1 aliphatic rings. The number of anilines is 2. The number of aliphatic carboxylic acids is 1. The lowest BCUT2D eigenvalue weighted by Crippen LogP contribution is -2.08. The van der Waals surface area contributed by atoms with Gasteiger partial charge in [-0.2, -0.15) is 0 Å². The lowest BCUT2D eigenvalue weighted by atomic mass is 10.1. The molecule has 1 aliphatic carbocycles. The number of nitrogens with one attached hydrogen (secondary N) is 1. The largest absolute Gasteiger partial charge is 0.481 e. The maximum Gasteiger partial charge on any atom is 0.312 e. The molecule has 1 atom stereocenters. The van der Waals surface area contributed by atoms with Crippen molar-refractivity contribution in [2.45, 2.75) is 25.7 Å². The second-order valence-electron chi connectivity index (χ2n) is 4.84. The van der Waals surface area contributed by atoms with E-state index in [-0.39, 0.29) is 5.82 Å². The van der Waals surface area contributed by atoms with Crippen molar-refractivity contribution in [1.29, 1.82) is 0 Å². The molecule has 2 aromatic rings. The molecule has 6 heteroatoms. The molecule has 0 saturated carbocycles. The van der Waals surface area contributed by atoms with Crippen LogP contribution in [-0.2, 0) is 11.2 Å². The maximum atomic E-state index is 13.1. The number of thiazole rings is 1. The molecule has 0 fully saturated rings. The minimum atomic E-state index is -0.821. The van der Waals surface area contributed by atoms with E-state index < -0.39 is 11.9 Å². The quantitative estimate of drug-likeness (QED) is 0.909. The molecule has 2 N–H and O–H groups in total. The van der Waals surface area contributed by atoms with Crippen molar-refractivity contribution in [3.05, 3.63) is 40.2 Å². The highest BCUT2D eigenvalue weighted by Gasteiger charge is 2.32. The second-order valence-corrected chi connectivity index (χ2v) is 5.92. The van der Waals surface area contributed by atoms with Crippen LogP contribution in [-0.4, -0.2) is 16.1 Å². The number of halogens is 1. The normalized spacial score (nSPS) is 17.0. The molecule has 0 spiro atoms. The van der Waals surface area contributed by atoms with Gasteiger partial charge in [0.25, 0.3) is 0 Å². The Morgan fingerprint density at radius 1 is 1.55 bits per heavy atom. The average molecular weight is 292 g/mol. The Labute approximate surface area is 119 Å². The predicted octanol–water partition coefficient (Wildman–Crippen LogP) is 3.45. The number of aromatic nitrogens is 1. The molecule has 0 saturated heterocycles. The Bertz CT molecular complexity index is 684. The summed E-state index contributed by atoms with van der Waals surface area (Å²) in [6.45, 7) is 1.81. The smallest absolute Gasteiger partial charge is 0.312 e. The minimum Gasteiger partial charge on any atom is -0.481 e. The van der Waals surface area contributed by atoms with Gasteiger partial charge < -0.3 is 10.4 Å². The summed E-state index contributed by atoms with van der Waals surface area (Å²) in [5.41, 5.74) is 2.24. The van der Waals surface area contributed by atoms with Gasteiger partial charge in [0.2, 0.25) is 0 Å². The lowest BCUT2D eigenvalue weighted by molar-refractivity contribution is -0.138.